The van der Waals surface area contributed by atoms with Gasteiger partial charge in [0.15, 0.2) is 0 Å². The van der Waals surface area contributed by atoms with Crippen molar-refractivity contribution in [1.82, 2.24) is 10.2 Å². The van der Waals surface area contributed by atoms with Gasteiger partial charge >= 0.3 is 0 Å². The first kappa shape index (κ1) is 30.8. The van der Waals surface area contributed by atoms with Crippen LogP contribution in [-0.2, 0) is 26.2 Å². The largest absolute Gasteiger partial charge is 0.354 e. The number of halogens is 1. The lowest BCUT2D eigenvalue weighted by Gasteiger charge is -2.33. The second-order valence-corrected chi connectivity index (χ2v) is 11.7. The Balaban J connectivity index is 2.05. The van der Waals surface area contributed by atoms with Crippen LogP contribution in [0.2, 0.25) is 0 Å². The number of hydrogen-bond acceptors (Lipinski definition) is 4. The van der Waals surface area contributed by atoms with Crippen LogP contribution in [0, 0.1) is 19.7 Å². The molecule has 0 heterocycles. The van der Waals surface area contributed by atoms with Crippen LogP contribution in [0.3, 0.4) is 0 Å². The molecular formula is C31H38FN3O4S. The standard InChI is InChI=1S/C31H38FN3O4S/c1-5-7-19-33-31(37)28(6-2)34(21-25-14-16-26(32)17-15-25)30(36)22-35(29-18-13-23(3)20-24(29)4)40(38,39)27-11-9-8-10-12-27/h8-18,20,28H,5-7,19,21-22H2,1-4H3,(H,33,37)/t28-/m0/s1. The molecule has 214 valence electrons. The van der Waals surface area contributed by atoms with Gasteiger partial charge in [-0.15, -0.1) is 0 Å². The minimum absolute atomic E-state index is 0.0188. The molecule has 3 rings (SSSR count). The summed E-state index contributed by atoms with van der Waals surface area (Å²) in [6, 6.07) is 18.2. The number of nitrogens with one attached hydrogen (secondary N) is 1. The Morgan fingerprint density at radius 3 is 2.23 bits per heavy atom. The predicted octanol–water partition coefficient (Wildman–Crippen LogP) is 5.36. The molecule has 0 saturated carbocycles. The minimum atomic E-state index is -4.13. The zero-order chi connectivity index (χ0) is 29.3. The van der Waals surface area contributed by atoms with Gasteiger partial charge in [-0.05, 0) is 68.1 Å². The van der Waals surface area contributed by atoms with E-state index < -0.39 is 34.3 Å². The number of hydrogen-bond donors (Lipinski definition) is 1. The molecule has 0 aliphatic rings. The van der Waals surface area contributed by atoms with Crippen molar-refractivity contribution >= 4 is 27.5 Å². The van der Waals surface area contributed by atoms with Crippen molar-refractivity contribution < 1.29 is 22.4 Å². The van der Waals surface area contributed by atoms with Crippen LogP contribution in [-0.4, -0.2) is 44.3 Å². The number of rotatable bonds is 13. The molecule has 40 heavy (non-hydrogen) atoms. The first-order valence-corrected chi connectivity index (χ1v) is 15.0. The summed E-state index contributed by atoms with van der Waals surface area (Å²) in [7, 11) is -4.13. The maximum Gasteiger partial charge on any atom is 0.264 e. The van der Waals surface area contributed by atoms with Gasteiger partial charge in [-0.1, -0.05) is 68.3 Å². The summed E-state index contributed by atoms with van der Waals surface area (Å²) >= 11 is 0. The summed E-state index contributed by atoms with van der Waals surface area (Å²) in [5.41, 5.74) is 2.66. The number of carbonyl (C=O) groups excluding carboxylic acids is 2. The lowest BCUT2D eigenvalue weighted by Crippen LogP contribution is -2.52. The Bertz CT molecular complexity index is 1400. The van der Waals surface area contributed by atoms with Gasteiger partial charge < -0.3 is 10.2 Å². The van der Waals surface area contributed by atoms with Gasteiger partial charge in [0, 0.05) is 13.1 Å². The van der Waals surface area contributed by atoms with E-state index in [1.54, 1.807) is 56.3 Å². The topological polar surface area (TPSA) is 86.8 Å². The van der Waals surface area contributed by atoms with Crippen molar-refractivity contribution in [2.24, 2.45) is 0 Å². The van der Waals surface area contributed by atoms with Crippen molar-refractivity contribution in [1.29, 1.82) is 0 Å². The molecule has 0 aliphatic carbocycles. The van der Waals surface area contributed by atoms with Gasteiger partial charge in [-0.3, -0.25) is 13.9 Å². The zero-order valence-corrected chi connectivity index (χ0v) is 24.4. The molecule has 0 aromatic heterocycles. The number of anilines is 1. The Labute approximate surface area is 237 Å². The Kier molecular flexibility index (Phi) is 10.8. The van der Waals surface area contributed by atoms with Crippen molar-refractivity contribution in [3.05, 3.63) is 95.3 Å². The van der Waals surface area contributed by atoms with Gasteiger partial charge in [0.25, 0.3) is 10.0 Å². The van der Waals surface area contributed by atoms with E-state index in [1.807, 2.05) is 19.9 Å². The molecule has 0 bridgehead atoms. The van der Waals surface area contributed by atoms with Crippen LogP contribution < -0.4 is 9.62 Å². The average molecular weight is 568 g/mol. The van der Waals surface area contributed by atoms with E-state index >= 15 is 0 Å². The monoisotopic (exact) mass is 567 g/mol. The highest BCUT2D eigenvalue weighted by atomic mass is 32.2. The Hall–Kier alpha value is -3.72. The molecule has 1 N–H and O–H groups in total. The summed E-state index contributed by atoms with van der Waals surface area (Å²) in [6.07, 6.45) is 2.02. The quantitative estimate of drug-likeness (QED) is 0.282. The first-order valence-electron chi connectivity index (χ1n) is 13.5. The van der Waals surface area contributed by atoms with Crippen LogP contribution in [0.1, 0.15) is 49.8 Å². The van der Waals surface area contributed by atoms with Gasteiger partial charge in [-0.2, -0.15) is 0 Å². The van der Waals surface area contributed by atoms with E-state index in [1.165, 1.54) is 29.2 Å². The average Bonchev–Trinajstić information content (AvgIpc) is 2.93. The summed E-state index contributed by atoms with van der Waals surface area (Å²) in [6.45, 7) is 7.51. The highest BCUT2D eigenvalue weighted by molar-refractivity contribution is 7.92. The lowest BCUT2D eigenvalue weighted by atomic mass is 10.1. The number of sulfonamides is 1. The molecule has 9 heteroatoms. The van der Waals surface area contributed by atoms with Crippen molar-refractivity contribution in [2.45, 2.75) is 64.4 Å². The number of nitrogens with zero attached hydrogens (tertiary/aromatic N) is 2. The van der Waals surface area contributed by atoms with Gasteiger partial charge in [0.05, 0.1) is 10.6 Å². The second kappa shape index (κ2) is 14.1. The summed E-state index contributed by atoms with van der Waals surface area (Å²) in [5.74, 6) is -1.27. The number of benzene rings is 3. The molecule has 0 aliphatic heterocycles. The number of aryl methyl sites for hydroxylation is 2. The minimum Gasteiger partial charge on any atom is -0.354 e. The molecule has 0 fully saturated rings. The van der Waals surface area contributed by atoms with E-state index in [9.17, 15) is 22.4 Å². The number of carbonyl (C=O) groups is 2. The third-order valence-corrected chi connectivity index (χ3v) is 8.49. The number of amides is 2. The molecule has 7 nitrogen and oxygen atoms in total. The molecule has 1 atom stereocenters. The van der Waals surface area contributed by atoms with Gasteiger partial charge in [-0.25, -0.2) is 12.8 Å². The van der Waals surface area contributed by atoms with Crippen LogP contribution in [0.4, 0.5) is 10.1 Å². The van der Waals surface area contributed by atoms with E-state index in [0.717, 1.165) is 22.7 Å². The first-order chi connectivity index (χ1) is 19.1. The van der Waals surface area contributed by atoms with Crippen molar-refractivity contribution in [3.8, 4) is 0 Å². The molecule has 3 aromatic carbocycles. The van der Waals surface area contributed by atoms with Crippen LogP contribution in [0.5, 0.6) is 0 Å². The smallest absolute Gasteiger partial charge is 0.264 e. The maximum absolute atomic E-state index is 14.1. The van der Waals surface area contributed by atoms with Crippen molar-refractivity contribution in [2.75, 3.05) is 17.4 Å². The summed E-state index contributed by atoms with van der Waals surface area (Å²) in [5, 5.41) is 2.90. The van der Waals surface area contributed by atoms with Crippen molar-refractivity contribution in [3.63, 3.8) is 0 Å². The van der Waals surface area contributed by atoms with Gasteiger partial charge in [0.2, 0.25) is 11.8 Å². The fourth-order valence-electron chi connectivity index (χ4n) is 4.53. The third-order valence-electron chi connectivity index (χ3n) is 6.71. The van der Waals surface area contributed by atoms with Crippen LogP contribution >= 0.6 is 0 Å². The molecule has 0 spiro atoms. The fourth-order valence-corrected chi connectivity index (χ4v) is 6.03. The van der Waals surface area contributed by atoms with E-state index in [4.69, 9.17) is 0 Å². The molecule has 2 amide bonds. The molecule has 3 aromatic rings. The number of unbranched alkanes of at least 4 members (excludes halogenated alkanes) is 1. The molecule has 0 radical (unpaired) electrons. The molecular weight excluding hydrogens is 529 g/mol. The summed E-state index contributed by atoms with van der Waals surface area (Å²) < 4.78 is 42.5. The molecule has 0 unspecified atom stereocenters. The normalized spacial score (nSPS) is 12.0. The Morgan fingerprint density at radius 1 is 0.950 bits per heavy atom. The van der Waals surface area contributed by atoms with Crippen LogP contribution in [0.25, 0.3) is 0 Å². The predicted molar refractivity (Wildman–Crippen MR) is 156 cm³/mol. The Morgan fingerprint density at radius 2 is 1.62 bits per heavy atom. The highest BCUT2D eigenvalue weighted by Gasteiger charge is 2.34. The highest BCUT2D eigenvalue weighted by Crippen LogP contribution is 2.28. The van der Waals surface area contributed by atoms with E-state index in [0.29, 0.717) is 29.8 Å². The summed E-state index contributed by atoms with van der Waals surface area (Å²) in [4.78, 5) is 28.7. The fraction of sp³-hybridized carbons (Fsp3) is 0.355. The van der Waals surface area contributed by atoms with Gasteiger partial charge in [0.1, 0.15) is 18.4 Å². The molecule has 0 saturated heterocycles. The van der Waals surface area contributed by atoms with E-state index in [-0.39, 0.29) is 17.3 Å². The zero-order valence-electron chi connectivity index (χ0n) is 23.6. The van der Waals surface area contributed by atoms with E-state index in [2.05, 4.69) is 5.32 Å². The SMILES string of the molecule is CCCCNC(=O)[C@H](CC)N(Cc1ccc(F)cc1)C(=O)CN(c1ccc(C)cc1C)S(=O)(=O)c1ccccc1. The lowest BCUT2D eigenvalue weighted by molar-refractivity contribution is -0.140. The second-order valence-electron chi connectivity index (χ2n) is 9.83. The third kappa shape index (κ3) is 7.69. The maximum atomic E-state index is 14.1. The van der Waals surface area contributed by atoms with Crippen LogP contribution in [0.15, 0.2) is 77.7 Å².